The van der Waals surface area contributed by atoms with E-state index in [0.29, 0.717) is 12.1 Å². The fourth-order valence-electron chi connectivity index (χ4n) is 3.76. The Kier molecular flexibility index (Phi) is 15.0. The number of rotatable bonds is 1. The van der Waals surface area contributed by atoms with Gasteiger partial charge in [0.05, 0.1) is 0 Å². The summed E-state index contributed by atoms with van der Waals surface area (Å²) in [6.45, 7) is 15.0. The molecule has 0 amide bonds. The van der Waals surface area contributed by atoms with Gasteiger partial charge in [-0.05, 0) is 78.0 Å². The van der Waals surface area contributed by atoms with Gasteiger partial charge in [-0.2, -0.15) is 0 Å². The van der Waals surface area contributed by atoms with Crippen molar-refractivity contribution >= 4 is 0 Å². The monoisotopic (exact) mass is 398 g/mol. The van der Waals surface area contributed by atoms with E-state index in [9.17, 15) is 0 Å². The summed E-state index contributed by atoms with van der Waals surface area (Å²) in [4.78, 5) is 0. The Balaban J connectivity index is 1.82. The Morgan fingerprint density at radius 1 is 0.321 bits per heavy atom. The molecule has 2 heterocycles. The molecule has 2 saturated heterocycles. The van der Waals surface area contributed by atoms with Crippen LogP contribution in [0, 0.1) is 0 Å². The molecule has 2 fully saturated rings. The van der Waals surface area contributed by atoms with Gasteiger partial charge in [0.1, 0.15) is 0 Å². The van der Waals surface area contributed by atoms with Crippen LogP contribution in [0.4, 0.5) is 0 Å². The van der Waals surface area contributed by atoms with Gasteiger partial charge in [-0.1, -0.05) is 0 Å². The van der Waals surface area contributed by atoms with E-state index < -0.39 is 0 Å². The molecular weight excluding hydrogens is 352 g/mol. The molecule has 2 aliphatic rings. The number of nitrogens with one attached hydrogen (secondary N) is 8. The van der Waals surface area contributed by atoms with Crippen molar-refractivity contribution in [3.63, 3.8) is 0 Å². The molecule has 0 aromatic heterocycles. The van der Waals surface area contributed by atoms with Crippen molar-refractivity contribution in [1.82, 2.24) is 42.5 Å². The predicted molar refractivity (Wildman–Crippen MR) is 119 cm³/mol. The highest BCUT2D eigenvalue weighted by molar-refractivity contribution is 4.86. The van der Waals surface area contributed by atoms with Gasteiger partial charge in [-0.25, -0.2) is 0 Å². The molecule has 2 atom stereocenters. The summed E-state index contributed by atoms with van der Waals surface area (Å²) in [7, 11) is 0. The van der Waals surface area contributed by atoms with Gasteiger partial charge in [-0.15, -0.1) is 0 Å². The van der Waals surface area contributed by atoms with Gasteiger partial charge in [0, 0.05) is 51.4 Å². The molecule has 0 aromatic rings. The van der Waals surface area contributed by atoms with Crippen LogP contribution in [-0.2, 0) is 0 Å². The van der Waals surface area contributed by atoms with Crippen LogP contribution in [0.5, 0.6) is 0 Å². The van der Waals surface area contributed by atoms with Crippen molar-refractivity contribution in [2.45, 2.75) is 37.8 Å². The zero-order chi connectivity index (χ0) is 19.5. The standard InChI is InChI=1S/C20H46N8/c1-5-21-13-15-23-7-3-11-27-19(17-25-9-1)20-18-26-10-2-6-22-14-16-24-8-4-12-28-20/h19-28H,1-18H2/t19-,20+. The van der Waals surface area contributed by atoms with Crippen molar-refractivity contribution < 1.29 is 0 Å². The second kappa shape index (κ2) is 17.5. The zero-order valence-electron chi connectivity index (χ0n) is 17.9. The fraction of sp³-hybridized carbons (Fsp3) is 1.00. The molecule has 2 aliphatic heterocycles. The molecule has 0 radical (unpaired) electrons. The van der Waals surface area contributed by atoms with E-state index in [0.717, 1.165) is 91.6 Å². The lowest BCUT2D eigenvalue weighted by molar-refractivity contribution is 0.334. The Bertz CT molecular complexity index is 284. The highest BCUT2D eigenvalue weighted by Crippen LogP contribution is 1.96. The Labute approximate surface area is 172 Å². The van der Waals surface area contributed by atoms with Gasteiger partial charge in [0.25, 0.3) is 0 Å². The van der Waals surface area contributed by atoms with Crippen molar-refractivity contribution in [3.05, 3.63) is 0 Å². The summed E-state index contributed by atoms with van der Waals surface area (Å²) >= 11 is 0. The molecule has 0 unspecified atom stereocenters. The summed E-state index contributed by atoms with van der Waals surface area (Å²) in [6, 6.07) is 0.893. The smallest absolute Gasteiger partial charge is 0.0359 e. The molecule has 0 aliphatic carbocycles. The number of hydrogen-bond acceptors (Lipinski definition) is 8. The van der Waals surface area contributed by atoms with E-state index >= 15 is 0 Å². The molecule has 0 spiro atoms. The van der Waals surface area contributed by atoms with Crippen LogP contribution in [0.2, 0.25) is 0 Å². The molecule has 8 heteroatoms. The highest BCUT2D eigenvalue weighted by Gasteiger charge is 2.20. The molecule has 2 rings (SSSR count). The van der Waals surface area contributed by atoms with Crippen molar-refractivity contribution in [3.8, 4) is 0 Å². The minimum atomic E-state index is 0.447. The minimum Gasteiger partial charge on any atom is -0.315 e. The van der Waals surface area contributed by atoms with E-state index in [1.807, 2.05) is 0 Å². The van der Waals surface area contributed by atoms with Crippen molar-refractivity contribution in [2.24, 2.45) is 0 Å². The minimum absolute atomic E-state index is 0.447. The van der Waals surface area contributed by atoms with Crippen LogP contribution in [0.1, 0.15) is 25.7 Å². The first-order valence-corrected chi connectivity index (χ1v) is 11.7. The maximum absolute atomic E-state index is 3.83. The molecule has 0 saturated carbocycles. The molecule has 0 aromatic carbocycles. The van der Waals surface area contributed by atoms with Crippen LogP contribution >= 0.6 is 0 Å². The largest absolute Gasteiger partial charge is 0.315 e. The average Bonchev–Trinajstić information content (AvgIpc) is 2.71. The Morgan fingerprint density at radius 2 is 0.643 bits per heavy atom. The first-order chi connectivity index (χ1) is 14.0. The van der Waals surface area contributed by atoms with E-state index in [4.69, 9.17) is 0 Å². The Morgan fingerprint density at radius 3 is 1.04 bits per heavy atom. The molecular formula is C20H46N8. The lowest BCUT2D eigenvalue weighted by Gasteiger charge is -2.30. The Hall–Kier alpha value is -0.320. The quantitative estimate of drug-likeness (QED) is 0.258. The van der Waals surface area contributed by atoms with E-state index in [-0.39, 0.29) is 0 Å². The third kappa shape index (κ3) is 12.3. The summed E-state index contributed by atoms with van der Waals surface area (Å²) in [5.74, 6) is 0. The van der Waals surface area contributed by atoms with Crippen LogP contribution in [0.25, 0.3) is 0 Å². The average molecular weight is 399 g/mol. The zero-order valence-corrected chi connectivity index (χ0v) is 17.9. The molecule has 8 N–H and O–H groups in total. The summed E-state index contributed by atoms with van der Waals surface area (Å²) < 4.78 is 0. The predicted octanol–water partition coefficient (Wildman–Crippen LogP) is -1.97. The molecule has 166 valence electrons. The molecule has 0 bridgehead atoms. The SMILES string of the molecule is C1CNCCNCCCN[C@H]([C@H]2CNCCCNCCNCCCN2)CNC1. The van der Waals surface area contributed by atoms with Gasteiger partial charge in [0.2, 0.25) is 0 Å². The second-order valence-corrected chi connectivity index (χ2v) is 7.94. The van der Waals surface area contributed by atoms with E-state index in [1.54, 1.807) is 0 Å². The maximum Gasteiger partial charge on any atom is 0.0359 e. The second-order valence-electron chi connectivity index (χ2n) is 7.94. The normalized spacial score (nSPS) is 30.0. The van der Waals surface area contributed by atoms with Crippen LogP contribution in [0.15, 0.2) is 0 Å². The highest BCUT2D eigenvalue weighted by atomic mass is 15.1. The third-order valence-electron chi connectivity index (χ3n) is 5.46. The third-order valence-corrected chi connectivity index (χ3v) is 5.46. The molecule has 28 heavy (non-hydrogen) atoms. The summed E-state index contributed by atoms with van der Waals surface area (Å²) in [6.07, 6.45) is 4.71. The van der Waals surface area contributed by atoms with Crippen molar-refractivity contribution in [2.75, 3.05) is 91.6 Å². The topological polar surface area (TPSA) is 96.2 Å². The lowest BCUT2D eigenvalue weighted by Crippen LogP contribution is -2.57. The van der Waals surface area contributed by atoms with Crippen LogP contribution < -0.4 is 42.5 Å². The molecule has 8 nitrogen and oxygen atoms in total. The lowest BCUT2D eigenvalue weighted by atomic mass is 10.1. The van der Waals surface area contributed by atoms with Gasteiger partial charge >= 0.3 is 0 Å². The van der Waals surface area contributed by atoms with Crippen molar-refractivity contribution in [1.29, 1.82) is 0 Å². The summed E-state index contributed by atoms with van der Waals surface area (Å²) in [5, 5.41) is 29.1. The van der Waals surface area contributed by atoms with Gasteiger partial charge in [0.15, 0.2) is 0 Å². The summed E-state index contributed by atoms with van der Waals surface area (Å²) in [5.41, 5.74) is 0. The number of hydrogen-bond donors (Lipinski definition) is 8. The first kappa shape index (κ1) is 24.0. The first-order valence-electron chi connectivity index (χ1n) is 11.7. The maximum atomic E-state index is 3.83. The van der Waals surface area contributed by atoms with Crippen LogP contribution in [0.3, 0.4) is 0 Å². The fourth-order valence-corrected chi connectivity index (χ4v) is 3.76. The van der Waals surface area contributed by atoms with Crippen LogP contribution in [-0.4, -0.2) is 104 Å². The van der Waals surface area contributed by atoms with Gasteiger partial charge in [-0.3, -0.25) is 0 Å². The van der Waals surface area contributed by atoms with E-state index in [1.165, 1.54) is 25.7 Å². The van der Waals surface area contributed by atoms with E-state index in [2.05, 4.69) is 42.5 Å². The van der Waals surface area contributed by atoms with Gasteiger partial charge < -0.3 is 42.5 Å².